The first-order chi connectivity index (χ1) is 9.00. The molecular weight excluding hydrogens is 272 g/mol. The van der Waals surface area contributed by atoms with Gasteiger partial charge in [-0.1, -0.05) is 11.6 Å². The van der Waals surface area contributed by atoms with Crippen LogP contribution in [-0.2, 0) is 0 Å². The number of halogens is 1. The fourth-order valence-electron chi connectivity index (χ4n) is 2.33. The molecule has 0 bridgehead atoms. The molecule has 1 aliphatic rings. The summed E-state index contributed by atoms with van der Waals surface area (Å²) in [6, 6.07) is 0. The van der Waals surface area contributed by atoms with E-state index in [1.165, 1.54) is 6.33 Å². The van der Waals surface area contributed by atoms with Crippen LogP contribution >= 0.6 is 11.6 Å². The van der Waals surface area contributed by atoms with Crippen molar-refractivity contribution in [1.29, 1.82) is 0 Å². The van der Waals surface area contributed by atoms with E-state index in [0.29, 0.717) is 13.1 Å². The Morgan fingerprint density at radius 2 is 2.16 bits per heavy atom. The topological polar surface area (TPSA) is 92.4 Å². The predicted molar refractivity (Wildman–Crippen MR) is 70.3 cm³/mol. The highest BCUT2D eigenvalue weighted by Gasteiger charge is 2.30. The zero-order valence-corrected chi connectivity index (χ0v) is 11.2. The quantitative estimate of drug-likeness (QED) is 0.516. The molecule has 0 saturated carbocycles. The number of hydrogen-bond acceptors (Lipinski definition) is 6. The van der Waals surface area contributed by atoms with Gasteiger partial charge in [-0.15, -0.1) is 0 Å². The molecule has 0 aromatic carbocycles. The molecular formula is C11H15ClN4O3. The van der Waals surface area contributed by atoms with Crippen LogP contribution in [0.3, 0.4) is 0 Å². The maximum Gasteiger partial charge on any atom is 0.348 e. The molecule has 1 fully saturated rings. The van der Waals surface area contributed by atoms with Crippen LogP contribution in [-0.4, -0.2) is 39.2 Å². The van der Waals surface area contributed by atoms with E-state index in [1.54, 1.807) is 6.92 Å². The van der Waals surface area contributed by atoms with E-state index >= 15 is 0 Å². The van der Waals surface area contributed by atoms with Gasteiger partial charge in [0.25, 0.3) is 0 Å². The molecule has 0 aliphatic carbocycles. The number of rotatable bonds is 3. The fraction of sp³-hybridized carbons (Fsp3) is 0.636. The average molecular weight is 287 g/mol. The SMILES string of the molecule is CC(O)C1CCN(c2ncnc(Cl)c2[N+](=O)[O-])CC1. The van der Waals surface area contributed by atoms with Gasteiger partial charge in [-0.2, -0.15) is 0 Å². The predicted octanol–water partition coefficient (Wildman–Crippen LogP) is 1.64. The summed E-state index contributed by atoms with van der Waals surface area (Å²) in [6.07, 6.45) is 2.42. The third-order valence-electron chi connectivity index (χ3n) is 3.46. The third-order valence-corrected chi connectivity index (χ3v) is 3.74. The molecule has 0 radical (unpaired) electrons. The van der Waals surface area contributed by atoms with Gasteiger partial charge in [-0.25, -0.2) is 9.97 Å². The molecule has 0 spiro atoms. The molecule has 1 N–H and O–H groups in total. The van der Waals surface area contributed by atoms with E-state index in [2.05, 4.69) is 9.97 Å². The molecule has 1 aromatic heterocycles. The standard InChI is InChI=1S/C11H15ClN4O3/c1-7(17)8-2-4-15(5-3-8)11-9(16(18)19)10(12)13-6-14-11/h6-8,17H,2-5H2,1H3. The van der Waals surface area contributed by atoms with Gasteiger partial charge in [0.15, 0.2) is 0 Å². The molecule has 1 unspecified atom stereocenters. The highest BCUT2D eigenvalue weighted by Crippen LogP contribution is 2.33. The minimum Gasteiger partial charge on any atom is -0.393 e. The summed E-state index contributed by atoms with van der Waals surface area (Å²) in [5.74, 6) is 0.488. The first-order valence-corrected chi connectivity index (χ1v) is 6.46. The number of nitro groups is 1. The molecule has 19 heavy (non-hydrogen) atoms. The molecule has 1 aliphatic heterocycles. The van der Waals surface area contributed by atoms with Crippen molar-refractivity contribution < 1.29 is 10.0 Å². The maximum atomic E-state index is 11.0. The minimum atomic E-state index is -0.557. The smallest absolute Gasteiger partial charge is 0.348 e. The number of piperidine rings is 1. The lowest BCUT2D eigenvalue weighted by atomic mass is 9.92. The second-order valence-electron chi connectivity index (χ2n) is 4.66. The summed E-state index contributed by atoms with van der Waals surface area (Å²) in [7, 11) is 0. The molecule has 104 valence electrons. The van der Waals surface area contributed by atoms with Gasteiger partial charge in [-0.3, -0.25) is 10.1 Å². The summed E-state index contributed by atoms with van der Waals surface area (Å²) in [5.41, 5.74) is -0.250. The lowest BCUT2D eigenvalue weighted by Gasteiger charge is -2.33. The van der Waals surface area contributed by atoms with Crippen LogP contribution in [0.4, 0.5) is 11.5 Å². The van der Waals surface area contributed by atoms with Crippen molar-refractivity contribution in [2.24, 2.45) is 5.92 Å². The van der Waals surface area contributed by atoms with Crippen molar-refractivity contribution in [2.75, 3.05) is 18.0 Å². The van der Waals surface area contributed by atoms with Crippen LogP contribution in [0, 0.1) is 16.0 Å². The Labute approximate surface area is 115 Å². The Kier molecular flexibility index (Phi) is 4.16. The molecule has 0 amide bonds. The van der Waals surface area contributed by atoms with Crippen molar-refractivity contribution in [3.05, 3.63) is 21.6 Å². The first kappa shape index (κ1) is 14.0. The zero-order chi connectivity index (χ0) is 14.0. The Morgan fingerprint density at radius 3 is 2.68 bits per heavy atom. The second-order valence-corrected chi connectivity index (χ2v) is 5.02. The monoisotopic (exact) mass is 286 g/mol. The van der Waals surface area contributed by atoms with E-state index in [0.717, 1.165) is 12.8 Å². The van der Waals surface area contributed by atoms with Crippen molar-refractivity contribution in [2.45, 2.75) is 25.9 Å². The van der Waals surface area contributed by atoms with Crippen LogP contribution in [0.25, 0.3) is 0 Å². The largest absolute Gasteiger partial charge is 0.393 e. The third kappa shape index (κ3) is 2.93. The van der Waals surface area contributed by atoms with E-state index in [4.69, 9.17) is 11.6 Å². The summed E-state index contributed by atoms with van der Waals surface area (Å²) in [4.78, 5) is 19.9. The molecule has 1 aromatic rings. The van der Waals surface area contributed by atoms with E-state index in [1.807, 2.05) is 4.90 Å². The minimum absolute atomic E-state index is 0.146. The number of nitrogens with zero attached hydrogens (tertiary/aromatic N) is 4. The Morgan fingerprint density at radius 1 is 1.53 bits per heavy atom. The van der Waals surface area contributed by atoms with Crippen molar-refractivity contribution >= 4 is 23.1 Å². The Balaban J connectivity index is 2.20. The van der Waals surface area contributed by atoms with Gasteiger partial charge in [-0.05, 0) is 25.7 Å². The van der Waals surface area contributed by atoms with E-state index < -0.39 is 4.92 Å². The molecule has 1 saturated heterocycles. The lowest BCUT2D eigenvalue weighted by molar-refractivity contribution is -0.384. The van der Waals surface area contributed by atoms with Crippen LogP contribution in [0.1, 0.15) is 19.8 Å². The van der Waals surface area contributed by atoms with Gasteiger partial charge in [0.2, 0.25) is 11.0 Å². The number of aromatic nitrogens is 2. The summed E-state index contributed by atoms with van der Waals surface area (Å²) in [6.45, 7) is 3.00. The molecule has 8 heteroatoms. The Hall–Kier alpha value is -1.47. The van der Waals surface area contributed by atoms with Gasteiger partial charge in [0.05, 0.1) is 11.0 Å². The summed E-state index contributed by atoms with van der Waals surface area (Å²) < 4.78 is 0. The Bertz CT molecular complexity index is 475. The fourth-order valence-corrected chi connectivity index (χ4v) is 2.53. The number of anilines is 1. The number of aliphatic hydroxyl groups is 1. The molecule has 2 rings (SSSR count). The van der Waals surface area contributed by atoms with Gasteiger partial charge < -0.3 is 10.0 Å². The zero-order valence-electron chi connectivity index (χ0n) is 10.5. The summed E-state index contributed by atoms with van der Waals surface area (Å²) in [5, 5.41) is 20.4. The van der Waals surface area contributed by atoms with Crippen molar-refractivity contribution in [3.8, 4) is 0 Å². The highest BCUT2D eigenvalue weighted by atomic mass is 35.5. The maximum absolute atomic E-state index is 11.0. The van der Waals surface area contributed by atoms with Gasteiger partial charge >= 0.3 is 5.69 Å². The average Bonchev–Trinajstić information content (AvgIpc) is 2.38. The molecule has 2 heterocycles. The van der Waals surface area contributed by atoms with E-state index in [-0.39, 0.29) is 28.7 Å². The van der Waals surface area contributed by atoms with Gasteiger partial charge in [0, 0.05) is 13.1 Å². The molecule has 7 nitrogen and oxygen atoms in total. The normalized spacial score (nSPS) is 18.4. The summed E-state index contributed by atoms with van der Waals surface area (Å²) >= 11 is 5.76. The first-order valence-electron chi connectivity index (χ1n) is 6.08. The van der Waals surface area contributed by atoms with Crippen LogP contribution in [0.5, 0.6) is 0 Å². The van der Waals surface area contributed by atoms with E-state index in [9.17, 15) is 15.2 Å². The number of aliphatic hydroxyl groups excluding tert-OH is 1. The highest BCUT2D eigenvalue weighted by molar-refractivity contribution is 6.31. The molecule has 1 atom stereocenters. The lowest BCUT2D eigenvalue weighted by Crippen LogP contribution is -2.37. The van der Waals surface area contributed by atoms with Crippen molar-refractivity contribution in [1.82, 2.24) is 9.97 Å². The van der Waals surface area contributed by atoms with Crippen LogP contribution in [0.2, 0.25) is 5.15 Å². The van der Waals surface area contributed by atoms with Gasteiger partial charge in [0.1, 0.15) is 6.33 Å². The second kappa shape index (κ2) is 5.66. The van der Waals surface area contributed by atoms with Crippen LogP contribution in [0.15, 0.2) is 6.33 Å². The van der Waals surface area contributed by atoms with Crippen LogP contribution < -0.4 is 4.90 Å². The number of hydrogen-bond donors (Lipinski definition) is 1. The van der Waals surface area contributed by atoms with Crippen molar-refractivity contribution in [3.63, 3.8) is 0 Å².